The minimum Gasteiger partial charge on any atom is -0.491 e. The number of ether oxygens (including phenoxy) is 1. The monoisotopic (exact) mass is 293 g/mol. The smallest absolute Gasteiger partial charge is 0.122 e. The second-order valence-corrected chi connectivity index (χ2v) is 5.74. The first-order chi connectivity index (χ1) is 10.2. The van der Waals surface area contributed by atoms with E-state index in [1.807, 2.05) is 31.2 Å². The van der Waals surface area contributed by atoms with Crippen LogP contribution in [0.1, 0.15) is 45.1 Å². The highest BCUT2D eigenvalue weighted by Gasteiger charge is 2.12. The minimum absolute atomic E-state index is 0.361. The molecule has 0 bridgehead atoms. The zero-order valence-corrected chi connectivity index (χ0v) is 13.8. The molecule has 0 heterocycles. The molecule has 0 fully saturated rings. The number of rotatable bonds is 11. The Morgan fingerprint density at radius 2 is 1.71 bits per heavy atom. The van der Waals surface area contributed by atoms with Gasteiger partial charge < -0.3 is 14.7 Å². The van der Waals surface area contributed by atoms with Gasteiger partial charge in [0.25, 0.3) is 0 Å². The summed E-state index contributed by atoms with van der Waals surface area (Å²) >= 11 is 0. The predicted molar refractivity (Wildman–Crippen MR) is 88.9 cm³/mol. The van der Waals surface area contributed by atoms with Crippen LogP contribution in [0.2, 0.25) is 0 Å². The molecule has 0 aliphatic heterocycles. The Kier molecular flexibility index (Phi) is 9.11. The van der Waals surface area contributed by atoms with Crippen molar-refractivity contribution in [3.63, 3.8) is 0 Å². The van der Waals surface area contributed by atoms with E-state index in [0.29, 0.717) is 13.2 Å². The van der Waals surface area contributed by atoms with Crippen molar-refractivity contribution in [1.82, 2.24) is 4.90 Å². The summed E-state index contributed by atoms with van der Waals surface area (Å²) < 4.78 is 5.73. The lowest BCUT2D eigenvalue weighted by Crippen LogP contribution is -2.37. The van der Waals surface area contributed by atoms with Crippen LogP contribution in [0.25, 0.3) is 0 Å². The molecular formula is C18H31NO2. The highest BCUT2D eigenvalue weighted by atomic mass is 16.5. The zero-order valence-electron chi connectivity index (χ0n) is 13.8. The zero-order chi connectivity index (χ0) is 15.5. The average molecular weight is 293 g/mol. The van der Waals surface area contributed by atoms with Crippen LogP contribution in [0.3, 0.4) is 0 Å². The van der Waals surface area contributed by atoms with Gasteiger partial charge in [-0.25, -0.2) is 0 Å². The van der Waals surface area contributed by atoms with Gasteiger partial charge in [0.15, 0.2) is 0 Å². The summed E-state index contributed by atoms with van der Waals surface area (Å²) in [6.07, 6.45) is 4.33. The molecule has 3 heteroatoms. The number of unbranched alkanes of at least 4 members (excludes halogenated alkanes) is 2. The second kappa shape index (κ2) is 10.6. The van der Waals surface area contributed by atoms with Gasteiger partial charge in [0.05, 0.1) is 0 Å². The molecule has 21 heavy (non-hydrogen) atoms. The van der Waals surface area contributed by atoms with Crippen LogP contribution in [-0.2, 0) is 0 Å². The number of aliphatic hydroxyl groups is 1. The van der Waals surface area contributed by atoms with Crippen molar-refractivity contribution in [2.45, 2.75) is 52.6 Å². The van der Waals surface area contributed by atoms with Crippen molar-refractivity contribution in [2.75, 3.05) is 26.2 Å². The summed E-state index contributed by atoms with van der Waals surface area (Å²) in [5.41, 5.74) is 1.11. The summed E-state index contributed by atoms with van der Waals surface area (Å²) in [7, 11) is 0. The van der Waals surface area contributed by atoms with E-state index in [1.54, 1.807) is 0 Å². The Bertz CT molecular complexity index is 373. The molecule has 1 atom stereocenters. The van der Waals surface area contributed by atoms with E-state index in [1.165, 1.54) is 25.7 Å². The van der Waals surface area contributed by atoms with Gasteiger partial charge >= 0.3 is 0 Å². The number of aliphatic hydroxyl groups excluding tert-OH is 1. The molecule has 1 aromatic rings. The summed E-state index contributed by atoms with van der Waals surface area (Å²) in [5, 5.41) is 10.2. The van der Waals surface area contributed by atoms with Gasteiger partial charge in [0, 0.05) is 6.54 Å². The molecule has 1 rings (SSSR count). The van der Waals surface area contributed by atoms with Crippen molar-refractivity contribution < 1.29 is 9.84 Å². The van der Waals surface area contributed by atoms with Crippen molar-refractivity contribution >= 4 is 0 Å². The van der Waals surface area contributed by atoms with Crippen LogP contribution in [0.5, 0.6) is 5.75 Å². The summed E-state index contributed by atoms with van der Waals surface area (Å²) in [6.45, 7) is 9.63. The topological polar surface area (TPSA) is 32.7 Å². The molecule has 0 saturated heterocycles. The Hall–Kier alpha value is -1.06. The maximum absolute atomic E-state index is 10.2. The third-order valence-electron chi connectivity index (χ3n) is 3.65. The van der Waals surface area contributed by atoms with Crippen molar-refractivity contribution in [3.05, 3.63) is 29.8 Å². The van der Waals surface area contributed by atoms with Crippen LogP contribution in [0.4, 0.5) is 0 Å². The van der Waals surface area contributed by atoms with Gasteiger partial charge in [-0.3, -0.25) is 0 Å². The molecule has 0 aliphatic carbocycles. The maximum Gasteiger partial charge on any atom is 0.122 e. The largest absolute Gasteiger partial charge is 0.491 e. The normalized spacial score (nSPS) is 12.6. The number of para-hydroxylation sites is 1. The standard InChI is InChI=1S/C18H31NO2/c1-4-6-12-19(13-7-5-2)14-17(20)15-21-18-11-9-8-10-16(18)3/h8-11,17,20H,4-7,12-15H2,1-3H3/t17-/m0/s1. The molecule has 0 radical (unpaired) electrons. The van der Waals surface area contributed by atoms with Gasteiger partial charge in [-0.1, -0.05) is 44.9 Å². The van der Waals surface area contributed by atoms with Gasteiger partial charge in [-0.05, 0) is 44.5 Å². The van der Waals surface area contributed by atoms with Crippen LogP contribution < -0.4 is 4.74 Å². The Labute approximate surface area is 129 Å². The van der Waals surface area contributed by atoms with Crippen molar-refractivity contribution in [3.8, 4) is 5.75 Å². The molecule has 3 nitrogen and oxygen atoms in total. The summed E-state index contributed by atoms with van der Waals surface area (Å²) in [4.78, 5) is 2.36. The number of benzene rings is 1. The van der Waals surface area contributed by atoms with E-state index in [0.717, 1.165) is 24.4 Å². The number of nitrogens with zero attached hydrogens (tertiary/aromatic N) is 1. The van der Waals surface area contributed by atoms with E-state index in [2.05, 4.69) is 18.7 Å². The van der Waals surface area contributed by atoms with Gasteiger partial charge in [0.2, 0.25) is 0 Å². The first-order valence-electron chi connectivity index (χ1n) is 8.26. The fourth-order valence-electron chi connectivity index (χ4n) is 2.31. The Morgan fingerprint density at radius 1 is 1.10 bits per heavy atom. The van der Waals surface area contributed by atoms with Crippen LogP contribution in [0, 0.1) is 6.92 Å². The van der Waals surface area contributed by atoms with Crippen molar-refractivity contribution in [1.29, 1.82) is 0 Å². The third-order valence-corrected chi connectivity index (χ3v) is 3.65. The first-order valence-corrected chi connectivity index (χ1v) is 8.26. The lowest BCUT2D eigenvalue weighted by atomic mass is 10.2. The van der Waals surface area contributed by atoms with Gasteiger partial charge in [-0.15, -0.1) is 0 Å². The third kappa shape index (κ3) is 7.49. The average Bonchev–Trinajstić information content (AvgIpc) is 2.49. The molecule has 120 valence electrons. The van der Waals surface area contributed by atoms with E-state index in [-0.39, 0.29) is 0 Å². The molecule has 1 N–H and O–H groups in total. The van der Waals surface area contributed by atoms with Gasteiger partial charge in [-0.2, -0.15) is 0 Å². The molecule has 0 spiro atoms. The highest BCUT2D eigenvalue weighted by molar-refractivity contribution is 5.31. The fourth-order valence-corrected chi connectivity index (χ4v) is 2.31. The Balaban J connectivity index is 2.38. The lowest BCUT2D eigenvalue weighted by Gasteiger charge is -2.25. The molecule has 0 amide bonds. The van der Waals surface area contributed by atoms with Crippen LogP contribution in [-0.4, -0.2) is 42.4 Å². The predicted octanol–water partition coefficient (Wildman–Crippen LogP) is 3.64. The number of aryl methyl sites for hydroxylation is 1. The van der Waals surface area contributed by atoms with Gasteiger partial charge in [0.1, 0.15) is 18.5 Å². The molecule has 1 aromatic carbocycles. The quantitative estimate of drug-likeness (QED) is 0.676. The molecule has 0 aliphatic rings. The first kappa shape index (κ1) is 18.0. The highest BCUT2D eigenvalue weighted by Crippen LogP contribution is 2.16. The molecule has 0 saturated carbocycles. The van der Waals surface area contributed by atoms with E-state index in [9.17, 15) is 5.11 Å². The summed E-state index contributed by atoms with van der Waals surface area (Å²) in [5.74, 6) is 0.866. The van der Waals surface area contributed by atoms with Crippen LogP contribution >= 0.6 is 0 Å². The number of hydrogen-bond donors (Lipinski definition) is 1. The van der Waals surface area contributed by atoms with Crippen molar-refractivity contribution in [2.24, 2.45) is 0 Å². The molecular weight excluding hydrogens is 262 g/mol. The SMILES string of the molecule is CCCCN(CCCC)C[C@H](O)COc1ccccc1C. The Morgan fingerprint density at radius 3 is 2.29 bits per heavy atom. The second-order valence-electron chi connectivity index (χ2n) is 5.74. The maximum atomic E-state index is 10.2. The minimum atomic E-state index is -0.432. The van der Waals surface area contributed by atoms with E-state index >= 15 is 0 Å². The molecule has 0 unspecified atom stereocenters. The fraction of sp³-hybridized carbons (Fsp3) is 0.667. The molecule has 0 aromatic heterocycles. The van der Waals surface area contributed by atoms with E-state index < -0.39 is 6.10 Å². The van der Waals surface area contributed by atoms with Crippen LogP contribution in [0.15, 0.2) is 24.3 Å². The summed E-state index contributed by atoms with van der Waals surface area (Å²) in [6, 6.07) is 7.93. The number of hydrogen-bond acceptors (Lipinski definition) is 3. The lowest BCUT2D eigenvalue weighted by molar-refractivity contribution is 0.0669. The van der Waals surface area contributed by atoms with E-state index in [4.69, 9.17) is 4.74 Å².